The highest BCUT2D eigenvalue weighted by atomic mass is 16.5. The molecule has 0 aromatic heterocycles. The molecular formula is C28H20O2. The second-order valence-electron chi connectivity index (χ2n) is 7.68. The van der Waals surface area contributed by atoms with E-state index < -0.39 is 0 Å². The van der Waals surface area contributed by atoms with Crippen molar-refractivity contribution in [1.29, 1.82) is 0 Å². The zero-order valence-corrected chi connectivity index (χ0v) is 16.9. The van der Waals surface area contributed by atoms with Crippen LogP contribution in [0.5, 0.6) is 11.5 Å². The van der Waals surface area contributed by atoms with Crippen LogP contribution in [0.2, 0.25) is 0 Å². The van der Waals surface area contributed by atoms with Gasteiger partial charge in [0.05, 0.1) is 14.2 Å². The first-order valence-corrected chi connectivity index (χ1v) is 10.1. The van der Waals surface area contributed by atoms with E-state index in [9.17, 15) is 0 Å². The van der Waals surface area contributed by atoms with Crippen molar-refractivity contribution in [3.8, 4) is 11.5 Å². The highest BCUT2D eigenvalue weighted by Crippen LogP contribution is 2.44. The van der Waals surface area contributed by atoms with Gasteiger partial charge >= 0.3 is 0 Å². The van der Waals surface area contributed by atoms with Gasteiger partial charge in [-0.3, -0.25) is 0 Å². The smallest absolute Gasteiger partial charge is 0.169 e. The number of benzene rings is 6. The van der Waals surface area contributed by atoms with Crippen molar-refractivity contribution in [2.45, 2.75) is 0 Å². The van der Waals surface area contributed by atoms with E-state index in [2.05, 4.69) is 78.9 Å². The van der Waals surface area contributed by atoms with Crippen LogP contribution < -0.4 is 9.47 Å². The first-order valence-electron chi connectivity index (χ1n) is 10.1. The fourth-order valence-corrected chi connectivity index (χ4v) is 4.86. The molecule has 0 unspecified atom stereocenters. The fourth-order valence-electron chi connectivity index (χ4n) is 4.86. The molecule has 144 valence electrons. The maximum atomic E-state index is 5.88. The Hall–Kier alpha value is -3.78. The van der Waals surface area contributed by atoms with Crippen LogP contribution in [0.1, 0.15) is 0 Å². The summed E-state index contributed by atoms with van der Waals surface area (Å²) in [4.78, 5) is 0. The maximum absolute atomic E-state index is 5.88. The van der Waals surface area contributed by atoms with E-state index >= 15 is 0 Å². The van der Waals surface area contributed by atoms with Crippen LogP contribution in [0.4, 0.5) is 0 Å². The van der Waals surface area contributed by atoms with E-state index in [0.717, 1.165) is 22.3 Å². The molecule has 6 aromatic rings. The van der Waals surface area contributed by atoms with Gasteiger partial charge in [0, 0.05) is 10.8 Å². The van der Waals surface area contributed by atoms with Gasteiger partial charge in [-0.2, -0.15) is 0 Å². The average molecular weight is 388 g/mol. The molecule has 0 bridgehead atoms. The Labute approximate surface area is 174 Å². The van der Waals surface area contributed by atoms with Crippen LogP contribution in [0.3, 0.4) is 0 Å². The molecule has 0 N–H and O–H groups in total. The van der Waals surface area contributed by atoms with Crippen LogP contribution in [0.25, 0.3) is 53.9 Å². The number of hydrogen-bond acceptors (Lipinski definition) is 2. The lowest BCUT2D eigenvalue weighted by atomic mass is 9.90. The molecule has 0 radical (unpaired) electrons. The van der Waals surface area contributed by atoms with Gasteiger partial charge in [-0.15, -0.1) is 0 Å². The summed E-state index contributed by atoms with van der Waals surface area (Å²) in [5.41, 5.74) is 0. The van der Waals surface area contributed by atoms with E-state index in [-0.39, 0.29) is 0 Å². The summed E-state index contributed by atoms with van der Waals surface area (Å²) in [6, 6.07) is 30.4. The predicted octanol–water partition coefficient (Wildman–Crippen LogP) is 7.47. The molecule has 0 aliphatic rings. The van der Waals surface area contributed by atoms with Gasteiger partial charge in [0.2, 0.25) is 0 Å². The van der Waals surface area contributed by atoms with Crippen LogP contribution in [0.15, 0.2) is 84.9 Å². The summed E-state index contributed by atoms with van der Waals surface area (Å²) in [6.45, 7) is 0. The van der Waals surface area contributed by atoms with E-state index in [1.807, 2.05) is 6.07 Å². The second-order valence-corrected chi connectivity index (χ2v) is 7.68. The van der Waals surface area contributed by atoms with Gasteiger partial charge in [-0.05, 0) is 49.2 Å². The van der Waals surface area contributed by atoms with Crippen molar-refractivity contribution in [2.75, 3.05) is 14.2 Å². The molecular weight excluding hydrogens is 368 g/mol. The predicted molar refractivity (Wildman–Crippen MR) is 127 cm³/mol. The van der Waals surface area contributed by atoms with Crippen molar-refractivity contribution in [3.05, 3.63) is 84.9 Å². The first kappa shape index (κ1) is 17.1. The Kier molecular flexibility index (Phi) is 3.63. The summed E-state index contributed by atoms with van der Waals surface area (Å²) in [5.74, 6) is 1.53. The summed E-state index contributed by atoms with van der Waals surface area (Å²) in [6.07, 6.45) is 0. The summed E-state index contributed by atoms with van der Waals surface area (Å²) in [5, 5.41) is 12.2. The molecule has 6 rings (SSSR count). The van der Waals surface area contributed by atoms with Gasteiger partial charge in [-0.25, -0.2) is 0 Å². The molecule has 2 heteroatoms. The molecule has 0 spiro atoms. The van der Waals surface area contributed by atoms with Crippen molar-refractivity contribution in [1.82, 2.24) is 0 Å². The second kappa shape index (κ2) is 6.36. The van der Waals surface area contributed by atoms with Crippen LogP contribution in [0, 0.1) is 0 Å². The third-order valence-electron chi connectivity index (χ3n) is 6.19. The van der Waals surface area contributed by atoms with Crippen molar-refractivity contribution in [3.63, 3.8) is 0 Å². The molecule has 0 amide bonds. The lowest BCUT2D eigenvalue weighted by molar-refractivity contribution is 0.359. The summed E-state index contributed by atoms with van der Waals surface area (Å²) < 4.78 is 11.5. The van der Waals surface area contributed by atoms with Gasteiger partial charge in [-0.1, -0.05) is 78.9 Å². The number of methoxy groups -OCH3 is 2. The van der Waals surface area contributed by atoms with Gasteiger partial charge in [0.15, 0.2) is 11.5 Å². The molecule has 0 heterocycles. The minimum absolute atomic E-state index is 0.750. The fraction of sp³-hybridized carbons (Fsp3) is 0.0714. The molecule has 0 aliphatic carbocycles. The quantitative estimate of drug-likeness (QED) is 0.286. The molecule has 0 atom stereocenters. The van der Waals surface area contributed by atoms with Crippen LogP contribution in [-0.4, -0.2) is 14.2 Å². The molecule has 0 saturated carbocycles. The van der Waals surface area contributed by atoms with E-state index in [1.54, 1.807) is 14.2 Å². The lowest BCUT2D eigenvalue weighted by Gasteiger charge is -2.16. The van der Waals surface area contributed by atoms with Gasteiger partial charge in [0.1, 0.15) is 0 Å². The molecule has 0 fully saturated rings. The SMILES string of the molecule is COc1ccc2ccc3ccc4ccc5ccc6ccccc6c5c4c3c2c1OC. The minimum atomic E-state index is 0.750. The average Bonchev–Trinajstić information content (AvgIpc) is 2.81. The third-order valence-corrected chi connectivity index (χ3v) is 6.19. The van der Waals surface area contributed by atoms with Crippen LogP contribution >= 0.6 is 0 Å². The van der Waals surface area contributed by atoms with E-state index in [0.29, 0.717) is 0 Å². The largest absolute Gasteiger partial charge is 0.493 e. The van der Waals surface area contributed by atoms with Crippen molar-refractivity contribution >= 4 is 53.9 Å². The first-order chi connectivity index (χ1) is 14.8. The Balaban J connectivity index is 2.00. The van der Waals surface area contributed by atoms with Gasteiger partial charge < -0.3 is 9.47 Å². The number of fused-ring (bicyclic) bond motifs is 9. The van der Waals surface area contributed by atoms with E-state index in [1.165, 1.54) is 43.1 Å². The van der Waals surface area contributed by atoms with Gasteiger partial charge in [0.25, 0.3) is 0 Å². The van der Waals surface area contributed by atoms with Crippen LogP contribution in [-0.2, 0) is 0 Å². The number of ether oxygens (including phenoxy) is 2. The van der Waals surface area contributed by atoms with Crippen molar-refractivity contribution in [2.24, 2.45) is 0 Å². The normalized spacial score (nSPS) is 11.7. The monoisotopic (exact) mass is 388 g/mol. The Bertz CT molecular complexity index is 1600. The lowest BCUT2D eigenvalue weighted by Crippen LogP contribution is -1.93. The molecule has 30 heavy (non-hydrogen) atoms. The Morgan fingerprint density at radius 1 is 0.433 bits per heavy atom. The number of rotatable bonds is 2. The number of hydrogen-bond donors (Lipinski definition) is 0. The summed E-state index contributed by atoms with van der Waals surface area (Å²) in [7, 11) is 3.41. The zero-order valence-electron chi connectivity index (χ0n) is 16.9. The van der Waals surface area contributed by atoms with E-state index in [4.69, 9.17) is 9.47 Å². The highest BCUT2D eigenvalue weighted by Gasteiger charge is 2.16. The Morgan fingerprint density at radius 3 is 1.57 bits per heavy atom. The molecule has 0 aliphatic heterocycles. The topological polar surface area (TPSA) is 18.5 Å². The molecule has 0 saturated heterocycles. The third kappa shape index (κ3) is 2.25. The minimum Gasteiger partial charge on any atom is -0.493 e. The molecule has 2 nitrogen and oxygen atoms in total. The van der Waals surface area contributed by atoms with Crippen molar-refractivity contribution < 1.29 is 9.47 Å². The Morgan fingerprint density at radius 2 is 0.933 bits per heavy atom. The molecule has 6 aromatic carbocycles. The summed E-state index contributed by atoms with van der Waals surface area (Å²) >= 11 is 0. The maximum Gasteiger partial charge on any atom is 0.169 e. The highest BCUT2D eigenvalue weighted by molar-refractivity contribution is 6.32. The standard InChI is InChI=1S/C28H20O2/c1-29-23-16-15-21-14-13-20-12-11-19-10-9-18-8-7-17-5-3-4-6-22(17)24(18)25(19)26(20)27(21)28(23)30-2/h3-16H,1-2H3. The zero-order chi connectivity index (χ0) is 20.2.